The van der Waals surface area contributed by atoms with Crippen LogP contribution in [0, 0.1) is 0 Å². The van der Waals surface area contributed by atoms with E-state index in [1.807, 2.05) is 0 Å². The van der Waals surface area contributed by atoms with Crippen LogP contribution in [-0.4, -0.2) is 19.4 Å². The highest BCUT2D eigenvalue weighted by Gasteiger charge is 2.18. The molecule has 4 N–H and O–H groups in total. The van der Waals surface area contributed by atoms with E-state index in [4.69, 9.17) is 5.73 Å². The highest BCUT2D eigenvalue weighted by Crippen LogP contribution is 2.40. The van der Waals surface area contributed by atoms with Gasteiger partial charge < -0.3 is 10.8 Å². The highest BCUT2D eigenvalue weighted by molar-refractivity contribution is 7.92. The van der Waals surface area contributed by atoms with Gasteiger partial charge in [0.25, 0.3) is 15.9 Å². The zero-order valence-electron chi connectivity index (χ0n) is 16.6. The summed E-state index contributed by atoms with van der Waals surface area (Å²) in [5.41, 5.74) is 6.45. The number of amides is 1. The molecule has 0 saturated heterocycles. The largest absolute Gasteiger partial charge is 0.505 e. The van der Waals surface area contributed by atoms with Crippen LogP contribution in [0.5, 0.6) is 5.75 Å². The number of nitrogen functional groups attached to an aromatic ring is 1. The smallest absolute Gasteiger partial charge is 0.295 e. The number of nitrogens with zero attached hydrogens (tertiary/aromatic N) is 2. The molecule has 4 rings (SSSR count). The van der Waals surface area contributed by atoms with Gasteiger partial charge in [0.15, 0.2) is 5.75 Å². The van der Waals surface area contributed by atoms with Gasteiger partial charge in [0.1, 0.15) is 5.69 Å². The molecule has 0 fully saturated rings. The number of aromatic hydroxyl groups is 1. The van der Waals surface area contributed by atoms with Crippen LogP contribution in [0.3, 0.4) is 0 Å². The lowest BCUT2D eigenvalue weighted by atomic mass is 10.1. The van der Waals surface area contributed by atoms with Crippen molar-refractivity contribution in [3.8, 4) is 5.75 Å². The van der Waals surface area contributed by atoms with Crippen LogP contribution in [0.2, 0.25) is 0 Å². The average Bonchev–Trinajstić information content (AvgIpc) is 2.80. The summed E-state index contributed by atoms with van der Waals surface area (Å²) in [6, 6.07) is 22.1. The second-order valence-corrected chi connectivity index (χ2v) is 8.57. The van der Waals surface area contributed by atoms with Gasteiger partial charge in [0, 0.05) is 22.0 Å². The number of phenolic OH excluding ortho intramolecular Hbond substituents is 1. The number of phenols is 1. The minimum absolute atomic E-state index is 0.0632. The van der Waals surface area contributed by atoms with Crippen molar-refractivity contribution in [3.05, 3.63) is 90.5 Å². The molecule has 0 aromatic heterocycles. The van der Waals surface area contributed by atoms with E-state index in [0.717, 1.165) is 0 Å². The third-order valence-corrected chi connectivity index (χ3v) is 6.06. The first-order valence-electron chi connectivity index (χ1n) is 9.49. The van der Waals surface area contributed by atoms with Gasteiger partial charge >= 0.3 is 0 Å². The van der Waals surface area contributed by atoms with E-state index in [0.29, 0.717) is 16.5 Å². The summed E-state index contributed by atoms with van der Waals surface area (Å²) >= 11 is 0. The van der Waals surface area contributed by atoms with Crippen molar-refractivity contribution in [2.24, 2.45) is 10.2 Å². The van der Waals surface area contributed by atoms with Gasteiger partial charge in [-0.1, -0.05) is 48.5 Å². The number of fused-ring (bicyclic) bond motifs is 1. The van der Waals surface area contributed by atoms with Crippen LogP contribution in [0.4, 0.5) is 17.1 Å². The van der Waals surface area contributed by atoms with E-state index in [2.05, 4.69) is 15.0 Å². The van der Waals surface area contributed by atoms with E-state index in [9.17, 15) is 18.3 Å². The van der Waals surface area contributed by atoms with Crippen LogP contribution in [0.15, 0.2) is 100 Å². The van der Waals surface area contributed by atoms with Crippen LogP contribution in [0.1, 0.15) is 10.4 Å². The lowest BCUT2D eigenvalue weighted by Crippen LogP contribution is -2.13. The van der Waals surface area contributed by atoms with Gasteiger partial charge in [-0.2, -0.15) is 0 Å². The Balaban J connectivity index is 1.76. The molecule has 1 amide bonds. The summed E-state index contributed by atoms with van der Waals surface area (Å²) in [5, 5.41) is 19.0. The van der Waals surface area contributed by atoms with Crippen LogP contribution < -0.4 is 10.5 Å². The lowest BCUT2D eigenvalue weighted by molar-refractivity contribution is 0.0995. The van der Waals surface area contributed by atoms with Crippen LogP contribution in [0.25, 0.3) is 10.8 Å². The zero-order valence-corrected chi connectivity index (χ0v) is 17.5. The van der Waals surface area contributed by atoms with Crippen molar-refractivity contribution in [2.75, 3.05) is 10.5 Å². The average molecular weight is 446 g/mol. The molecule has 0 aliphatic carbocycles. The molecule has 4 aromatic carbocycles. The number of nitrogens with two attached hydrogens (primary N) is 1. The molecule has 4 aromatic rings. The third-order valence-electron chi connectivity index (χ3n) is 4.68. The summed E-state index contributed by atoms with van der Waals surface area (Å²) in [6.07, 6.45) is 0. The fourth-order valence-corrected chi connectivity index (χ4v) is 4.23. The summed E-state index contributed by atoms with van der Waals surface area (Å²) in [7, 11) is -3.90. The summed E-state index contributed by atoms with van der Waals surface area (Å²) in [6.45, 7) is 0. The number of rotatable bonds is 5. The van der Waals surface area contributed by atoms with E-state index < -0.39 is 15.9 Å². The monoisotopic (exact) mass is 446 g/mol. The Hall–Kier alpha value is -4.24. The van der Waals surface area contributed by atoms with E-state index in [1.165, 1.54) is 30.3 Å². The molecule has 0 aliphatic rings. The SMILES string of the molecule is Nc1cccc(C(=O)N=Nc2cc(NS(=O)(=O)c3ccccc3)c3ccccc3c2O)c1. The summed E-state index contributed by atoms with van der Waals surface area (Å²) in [5.74, 6) is -0.886. The Morgan fingerprint density at radius 2 is 1.56 bits per heavy atom. The quantitative estimate of drug-likeness (QED) is 0.229. The number of sulfonamides is 1. The molecule has 0 spiro atoms. The Kier molecular flexibility index (Phi) is 5.57. The van der Waals surface area contributed by atoms with E-state index in [1.54, 1.807) is 54.6 Å². The molecule has 0 bridgehead atoms. The van der Waals surface area contributed by atoms with Gasteiger partial charge in [-0.25, -0.2) is 8.42 Å². The molecule has 0 heterocycles. The molecule has 0 radical (unpaired) electrons. The van der Waals surface area contributed by atoms with Crippen molar-refractivity contribution < 1.29 is 18.3 Å². The number of benzene rings is 4. The Bertz CT molecular complexity index is 1450. The summed E-state index contributed by atoms with van der Waals surface area (Å²) < 4.78 is 28.2. The number of anilines is 2. The Morgan fingerprint density at radius 3 is 2.28 bits per heavy atom. The van der Waals surface area contributed by atoms with Crippen molar-refractivity contribution in [1.29, 1.82) is 0 Å². The van der Waals surface area contributed by atoms with Crippen LogP contribution >= 0.6 is 0 Å². The number of carbonyl (C=O) groups is 1. The summed E-state index contributed by atoms with van der Waals surface area (Å²) in [4.78, 5) is 12.4. The number of nitrogens with one attached hydrogen (secondary N) is 1. The third kappa shape index (κ3) is 4.28. The molecule has 0 aliphatic heterocycles. The van der Waals surface area contributed by atoms with Gasteiger partial charge in [-0.05, 0) is 36.4 Å². The fourth-order valence-electron chi connectivity index (χ4n) is 3.14. The predicted octanol–water partition coefficient (Wildman–Crippen LogP) is 4.85. The molecule has 0 unspecified atom stereocenters. The standard InChI is InChI=1S/C23H18N4O4S/c24-16-8-6-7-15(13-16)23(29)26-25-21-14-20(18-11-4-5-12-19(18)22(21)28)27-32(30,31)17-9-2-1-3-10-17/h1-14,27-28H,24H2. The van der Waals surface area contributed by atoms with E-state index >= 15 is 0 Å². The molecule has 0 atom stereocenters. The van der Waals surface area contributed by atoms with Crippen molar-refractivity contribution in [2.45, 2.75) is 4.90 Å². The number of carbonyl (C=O) groups excluding carboxylic acids is 1. The lowest BCUT2D eigenvalue weighted by Gasteiger charge is -2.13. The van der Waals surface area contributed by atoms with Crippen molar-refractivity contribution >= 4 is 43.8 Å². The topological polar surface area (TPSA) is 134 Å². The molecular weight excluding hydrogens is 428 g/mol. The van der Waals surface area contributed by atoms with Gasteiger partial charge in [-0.3, -0.25) is 9.52 Å². The van der Waals surface area contributed by atoms with Crippen LogP contribution in [-0.2, 0) is 10.0 Å². The normalized spacial score (nSPS) is 11.6. The van der Waals surface area contributed by atoms with E-state index in [-0.39, 0.29) is 27.6 Å². The second-order valence-electron chi connectivity index (χ2n) is 6.89. The molecule has 8 nitrogen and oxygen atoms in total. The first kappa shape index (κ1) is 21.0. The van der Waals surface area contributed by atoms with Crippen molar-refractivity contribution in [3.63, 3.8) is 0 Å². The molecular formula is C23H18N4O4S. The van der Waals surface area contributed by atoms with Gasteiger partial charge in [-0.15, -0.1) is 10.2 Å². The minimum Gasteiger partial charge on any atom is -0.505 e. The highest BCUT2D eigenvalue weighted by atomic mass is 32.2. The van der Waals surface area contributed by atoms with Gasteiger partial charge in [0.05, 0.1) is 10.6 Å². The fraction of sp³-hybridized carbons (Fsp3) is 0. The molecule has 0 saturated carbocycles. The molecule has 9 heteroatoms. The maximum Gasteiger partial charge on any atom is 0.295 e. The zero-order chi connectivity index (χ0) is 22.7. The van der Waals surface area contributed by atoms with Gasteiger partial charge in [0.2, 0.25) is 0 Å². The Morgan fingerprint density at radius 1 is 0.875 bits per heavy atom. The molecule has 160 valence electrons. The minimum atomic E-state index is -3.90. The predicted molar refractivity (Wildman–Crippen MR) is 123 cm³/mol. The maximum absolute atomic E-state index is 12.8. The maximum atomic E-state index is 12.8. The molecule has 32 heavy (non-hydrogen) atoms. The number of hydrogen-bond donors (Lipinski definition) is 3. The Labute approximate surface area is 184 Å². The number of azo groups is 1. The first-order valence-corrected chi connectivity index (χ1v) is 11.0. The number of hydrogen-bond acceptors (Lipinski definition) is 6. The first-order chi connectivity index (χ1) is 15.3. The second kappa shape index (κ2) is 8.48. The van der Waals surface area contributed by atoms with Crippen molar-refractivity contribution in [1.82, 2.24) is 0 Å².